The molecule has 0 unspecified atom stereocenters. The summed E-state index contributed by atoms with van der Waals surface area (Å²) < 4.78 is 60.0. The molecule has 0 radical (unpaired) electrons. The van der Waals surface area contributed by atoms with Crippen molar-refractivity contribution in [2.45, 2.75) is 40.2 Å². The van der Waals surface area contributed by atoms with Crippen molar-refractivity contribution in [3.8, 4) is 0 Å². The second-order valence-corrected chi connectivity index (χ2v) is 12.6. The summed E-state index contributed by atoms with van der Waals surface area (Å²) in [5, 5.41) is -4.48. The number of esters is 1. The van der Waals surface area contributed by atoms with E-state index in [0.29, 0.717) is 11.8 Å². The number of ether oxygens (including phenoxy) is 1. The van der Waals surface area contributed by atoms with Gasteiger partial charge >= 0.3 is 11.2 Å². The molecular weight excluding hydrogens is 574 g/mol. The van der Waals surface area contributed by atoms with Crippen molar-refractivity contribution >= 4 is 42.9 Å². The van der Waals surface area contributed by atoms with Gasteiger partial charge in [0, 0.05) is 5.33 Å². The van der Waals surface area contributed by atoms with Gasteiger partial charge in [-0.3, -0.25) is 0 Å². The SMILES string of the molecule is CC(C)(CCBr)COC(=O)C(F)(F)S(=O)(=O)[O-].c1ccc([S+](c2ccccc2)c2ccccc2)cc1. The Balaban J connectivity index is 0.000000256. The Morgan fingerprint density at radius 2 is 1.22 bits per heavy atom. The lowest BCUT2D eigenvalue weighted by Gasteiger charge is -2.25. The van der Waals surface area contributed by atoms with Gasteiger partial charge in [-0.25, -0.2) is 13.2 Å². The molecule has 0 heterocycles. The minimum Gasteiger partial charge on any atom is -0.743 e. The largest absolute Gasteiger partial charge is 0.743 e. The van der Waals surface area contributed by atoms with Crippen LogP contribution in [0.25, 0.3) is 0 Å². The van der Waals surface area contributed by atoms with Gasteiger partial charge in [0.2, 0.25) is 0 Å². The maximum atomic E-state index is 12.7. The van der Waals surface area contributed by atoms with Crippen molar-refractivity contribution in [3.05, 3.63) is 91.0 Å². The van der Waals surface area contributed by atoms with E-state index in [2.05, 4.69) is 112 Å². The number of halogens is 3. The Labute approximate surface area is 222 Å². The molecule has 0 saturated heterocycles. The molecule has 3 rings (SSSR count). The molecule has 0 aliphatic heterocycles. The van der Waals surface area contributed by atoms with E-state index in [1.54, 1.807) is 13.8 Å². The van der Waals surface area contributed by atoms with Crippen molar-refractivity contribution in [1.82, 2.24) is 0 Å². The van der Waals surface area contributed by atoms with Gasteiger partial charge in [-0.05, 0) is 48.2 Å². The Kier molecular flexibility index (Phi) is 11.1. The smallest absolute Gasteiger partial charge is 0.428 e. The predicted octanol–water partition coefficient (Wildman–Crippen LogP) is 6.26. The van der Waals surface area contributed by atoms with Crippen LogP contribution in [0, 0.1) is 5.41 Å². The minimum absolute atomic E-state index is 0.0146. The van der Waals surface area contributed by atoms with Crippen molar-refractivity contribution in [1.29, 1.82) is 0 Å². The third-order valence-electron chi connectivity index (χ3n) is 4.85. The highest BCUT2D eigenvalue weighted by atomic mass is 79.9. The lowest BCUT2D eigenvalue weighted by atomic mass is 9.92. The van der Waals surface area contributed by atoms with Crippen LogP contribution in [-0.4, -0.2) is 36.1 Å². The van der Waals surface area contributed by atoms with E-state index in [-0.39, 0.29) is 10.9 Å². The first kappa shape index (κ1) is 30.0. The molecular formula is C26H27BrF2O5S2. The molecule has 0 fully saturated rings. The van der Waals surface area contributed by atoms with Gasteiger partial charge in [0.25, 0.3) is 0 Å². The van der Waals surface area contributed by atoms with Gasteiger partial charge in [-0.2, -0.15) is 8.78 Å². The number of carbonyl (C=O) groups excluding carboxylic acids is 1. The summed E-state index contributed by atoms with van der Waals surface area (Å²) in [5.41, 5.74) is -0.595. The highest BCUT2D eigenvalue weighted by Gasteiger charge is 2.48. The maximum Gasteiger partial charge on any atom is 0.428 e. The second-order valence-electron chi connectivity index (χ2n) is 8.40. The molecule has 0 amide bonds. The van der Waals surface area contributed by atoms with Gasteiger partial charge in [0.1, 0.15) is 0 Å². The van der Waals surface area contributed by atoms with Crippen LogP contribution in [0.5, 0.6) is 0 Å². The van der Waals surface area contributed by atoms with Crippen LogP contribution >= 0.6 is 15.9 Å². The molecule has 0 spiro atoms. The van der Waals surface area contributed by atoms with Crippen LogP contribution in [0.4, 0.5) is 8.78 Å². The van der Waals surface area contributed by atoms with Crippen LogP contribution < -0.4 is 0 Å². The van der Waals surface area contributed by atoms with Crippen molar-refractivity contribution in [2.75, 3.05) is 11.9 Å². The maximum absolute atomic E-state index is 12.7. The van der Waals surface area contributed by atoms with Crippen LogP contribution in [-0.2, 0) is 30.5 Å². The number of rotatable bonds is 9. The summed E-state index contributed by atoms with van der Waals surface area (Å²) in [6, 6.07) is 32.2. The van der Waals surface area contributed by atoms with Crippen molar-refractivity contribution in [2.24, 2.45) is 5.41 Å². The normalized spacial score (nSPS) is 12.0. The van der Waals surface area contributed by atoms with Gasteiger partial charge < -0.3 is 9.29 Å². The van der Waals surface area contributed by atoms with Gasteiger partial charge in [0.15, 0.2) is 24.8 Å². The number of alkyl halides is 3. The fourth-order valence-electron chi connectivity index (χ4n) is 2.85. The van der Waals surface area contributed by atoms with Gasteiger partial charge in [-0.1, -0.05) is 84.4 Å². The highest BCUT2D eigenvalue weighted by Crippen LogP contribution is 2.30. The molecule has 0 bridgehead atoms. The molecule has 0 aliphatic carbocycles. The number of carbonyl (C=O) groups is 1. The first-order chi connectivity index (χ1) is 16.9. The molecule has 194 valence electrons. The third-order valence-corrected chi connectivity index (χ3v) is 8.28. The number of hydrogen-bond acceptors (Lipinski definition) is 5. The van der Waals surface area contributed by atoms with E-state index in [1.807, 2.05) is 0 Å². The fraction of sp³-hybridized carbons (Fsp3) is 0.269. The van der Waals surface area contributed by atoms with E-state index in [9.17, 15) is 26.5 Å². The number of benzene rings is 3. The summed E-state index contributed by atoms with van der Waals surface area (Å²) >= 11 is 3.13. The summed E-state index contributed by atoms with van der Waals surface area (Å²) in [7, 11) is -6.06. The zero-order valence-electron chi connectivity index (χ0n) is 19.8. The summed E-state index contributed by atoms with van der Waals surface area (Å²) in [6.45, 7) is 2.89. The lowest BCUT2D eigenvalue weighted by Crippen LogP contribution is -2.40. The molecule has 3 aromatic carbocycles. The first-order valence-corrected chi connectivity index (χ1v) is 14.6. The molecule has 10 heteroatoms. The van der Waals surface area contributed by atoms with E-state index in [1.165, 1.54) is 14.7 Å². The average molecular weight is 602 g/mol. The molecule has 5 nitrogen and oxygen atoms in total. The quantitative estimate of drug-likeness (QED) is 0.125. The van der Waals surface area contributed by atoms with Crippen LogP contribution in [0.1, 0.15) is 20.3 Å². The molecule has 36 heavy (non-hydrogen) atoms. The van der Waals surface area contributed by atoms with Crippen molar-refractivity contribution in [3.63, 3.8) is 0 Å². The van der Waals surface area contributed by atoms with E-state index in [0.717, 1.165) is 0 Å². The lowest BCUT2D eigenvalue weighted by molar-refractivity contribution is -0.164. The predicted molar refractivity (Wildman–Crippen MR) is 139 cm³/mol. The second kappa shape index (κ2) is 13.3. The fourth-order valence-corrected chi connectivity index (χ4v) is 6.29. The summed E-state index contributed by atoms with van der Waals surface area (Å²) in [6.07, 6.45) is 0.524. The van der Waals surface area contributed by atoms with Crippen LogP contribution in [0.3, 0.4) is 0 Å². The van der Waals surface area contributed by atoms with Gasteiger partial charge in [-0.15, -0.1) is 0 Å². The molecule has 0 N–H and O–H groups in total. The molecule has 3 aromatic rings. The molecule has 0 atom stereocenters. The number of hydrogen-bond donors (Lipinski definition) is 0. The Morgan fingerprint density at radius 3 is 1.53 bits per heavy atom. The minimum atomic E-state index is -6.05. The molecule has 0 aromatic heterocycles. The van der Waals surface area contributed by atoms with Crippen LogP contribution in [0.15, 0.2) is 106 Å². The summed E-state index contributed by atoms with van der Waals surface area (Å²) in [4.78, 5) is 14.9. The standard InChI is InChI=1S/C18H15S.C8H13BrF2O5S/c1-4-10-16(11-5-1)19(17-12-6-2-7-13-17)18-14-8-3-9-15-18;1-7(2,3-4-9)5-16-6(12)8(10,11)17(13,14)15/h1-15H;3-5H2,1-2H3,(H,13,14,15)/q+1;/p-1. The molecule has 0 aliphatic rings. The van der Waals surface area contributed by atoms with Gasteiger partial charge in [0.05, 0.1) is 17.5 Å². The first-order valence-electron chi connectivity index (χ1n) is 10.8. The van der Waals surface area contributed by atoms with Crippen LogP contribution in [0.2, 0.25) is 0 Å². The topological polar surface area (TPSA) is 83.5 Å². The summed E-state index contributed by atoms with van der Waals surface area (Å²) in [5.74, 6) is -2.34. The Morgan fingerprint density at radius 1 is 0.861 bits per heavy atom. The average Bonchev–Trinajstić information content (AvgIpc) is 2.84. The molecule has 0 saturated carbocycles. The Bertz CT molecular complexity index is 1100. The zero-order chi connectivity index (χ0) is 26.8. The third kappa shape index (κ3) is 8.69. The van der Waals surface area contributed by atoms with E-state index < -0.39 is 33.4 Å². The van der Waals surface area contributed by atoms with E-state index in [4.69, 9.17) is 0 Å². The monoisotopic (exact) mass is 600 g/mol. The highest BCUT2D eigenvalue weighted by molar-refractivity contribution is 9.09. The zero-order valence-corrected chi connectivity index (χ0v) is 23.0. The van der Waals surface area contributed by atoms with Crippen molar-refractivity contribution < 1.29 is 31.3 Å². The Hall–Kier alpha value is -2.27. The van der Waals surface area contributed by atoms with E-state index >= 15 is 0 Å².